The minimum atomic E-state index is 0.421. The molecule has 1 saturated carbocycles. The molecule has 86 valence electrons. The van der Waals surface area contributed by atoms with Gasteiger partial charge in [-0.3, -0.25) is 4.90 Å². The van der Waals surface area contributed by atoms with E-state index >= 15 is 0 Å². The molecule has 0 radical (unpaired) electrons. The molecule has 0 unspecified atom stereocenters. The van der Waals surface area contributed by atoms with E-state index in [0.717, 1.165) is 38.3 Å². The van der Waals surface area contributed by atoms with Crippen LogP contribution in [-0.2, 0) is 6.54 Å². The fourth-order valence-electron chi connectivity index (χ4n) is 2.59. The molecule has 1 aromatic carbocycles. The van der Waals surface area contributed by atoms with Gasteiger partial charge in [0.05, 0.1) is 0 Å². The van der Waals surface area contributed by atoms with E-state index in [2.05, 4.69) is 23.1 Å². The number of rotatable bonds is 1. The lowest BCUT2D eigenvalue weighted by molar-refractivity contribution is 0.0961. The van der Waals surface area contributed by atoms with E-state index < -0.39 is 0 Å². The number of fused-ring (bicyclic) bond motifs is 1. The second-order valence-electron chi connectivity index (χ2n) is 4.81. The Bertz CT molecular complexity index is 374. The first-order chi connectivity index (χ1) is 7.83. The van der Waals surface area contributed by atoms with Crippen molar-refractivity contribution in [3.8, 4) is 5.75 Å². The maximum atomic E-state index is 5.85. The Labute approximate surface area is 96.2 Å². The third-order valence-electron chi connectivity index (χ3n) is 3.65. The Morgan fingerprint density at radius 2 is 2.06 bits per heavy atom. The molecule has 0 aromatic heterocycles. The predicted molar refractivity (Wildman–Crippen MR) is 63.3 cm³/mol. The lowest BCUT2D eigenvalue weighted by Gasteiger charge is -2.40. The van der Waals surface area contributed by atoms with E-state index in [1.54, 1.807) is 0 Å². The normalized spacial score (nSPS) is 29.8. The van der Waals surface area contributed by atoms with Crippen LogP contribution >= 0.6 is 0 Å². The van der Waals surface area contributed by atoms with Crippen LogP contribution in [0, 0.1) is 0 Å². The first-order valence-electron chi connectivity index (χ1n) is 6.03. The van der Waals surface area contributed by atoms with Gasteiger partial charge in [-0.1, -0.05) is 18.2 Å². The lowest BCUT2D eigenvalue weighted by atomic mass is 9.86. The largest absolute Gasteiger partial charge is 0.492 e. The van der Waals surface area contributed by atoms with Crippen molar-refractivity contribution in [2.24, 2.45) is 5.73 Å². The van der Waals surface area contributed by atoms with Crippen LogP contribution in [0.1, 0.15) is 18.4 Å². The predicted octanol–water partition coefficient (Wildman–Crippen LogP) is 1.37. The highest BCUT2D eigenvalue weighted by Crippen LogP contribution is 2.29. The standard InChI is InChI=1S/C13H18N2O/c14-11-7-12(8-11)15-5-6-16-13-4-2-1-3-10(13)9-15/h1-4,11-12H,5-9,14H2. The van der Waals surface area contributed by atoms with Gasteiger partial charge in [0.15, 0.2) is 0 Å². The average Bonchev–Trinajstić information content (AvgIpc) is 2.46. The van der Waals surface area contributed by atoms with Crippen molar-refractivity contribution in [1.82, 2.24) is 4.90 Å². The molecule has 0 amide bonds. The molecular weight excluding hydrogens is 200 g/mol. The smallest absolute Gasteiger partial charge is 0.123 e. The summed E-state index contributed by atoms with van der Waals surface area (Å²) in [4.78, 5) is 2.51. The summed E-state index contributed by atoms with van der Waals surface area (Å²) < 4.78 is 5.75. The van der Waals surface area contributed by atoms with E-state index in [1.807, 2.05) is 6.07 Å². The van der Waals surface area contributed by atoms with Crippen LogP contribution in [-0.4, -0.2) is 30.1 Å². The number of hydrogen-bond acceptors (Lipinski definition) is 3. The highest BCUT2D eigenvalue weighted by Gasteiger charge is 2.32. The summed E-state index contributed by atoms with van der Waals surface area (Å²) in [7, 11) is 0. The molecule has 1 heterocycles. The molecule has 3 nitrogen and oxygen atoms in total. The number of benzene rings is 1. The minimum absolute atomic E-state index is 0.421. The van der Waals surface area contributed by atoms with Gasteiger partial charge in [0.25, 0.3) is 0 Å². The molecule has 16 heavy (non-hydrogen) atoms. The molecule has 3 heteroatoms. The number of nitrogens with zero attached hydrogens (tertiary/aromatic N) is 1. The van der Waals surface area contributed by atoms with Crippen LogP contribution < -0.4 is 10.5 Å². The van der Waals surface area contributed by atoms with Gasteiger partial charge in [-0.05, 0) is 18.9 Å². The second kappa shape index (κ2) is 4.07. The van der Waals surface area contributed by atoms with Crippen molar-refractivity contribution in [3.63, 3.8) is 0 Å². The van der Waals surface area contributed by atoms with Gasteiger partial charge in [0.1, 0.15) is 12.4 Å². The van der Waals surface area contributed by atoms with Gasteiger partial charge in [-0.25, -0.2) is 0 Å². The molecule has 1 aromatic rings. The highest BCUT2D eigenvalue weighted by molar-refractivity contribution is 5.33. The summed E-state index contributed by atoms with van der Waals surface area (Å²) in [6.07, 6.45) is 2.28. The second-order valence-corrected chi connectivity index (χ2v) is 4.81. The fourth-order valence-corrected chi connectivity index (χ4v) is 2.59. The molecule has 1 aliphatic carbocycles. The molecule has 0 spiro atoms. The quantitative estimate of drug-likeness (QED) is 0.773. The average molecular weight is 218 g/mol. The molecule has 1 fully saturated rings. The first-order valence-corrected chi connectivity index (χ1v) is 6.03. The SMILES string of the molecule is NC1CC(N2CCOc3ccccc3C2)C1. The maximum Gasteiger partial charge on any atom is 0.123 e. The summed E-state index contributed by atoms with van der Waals surface area (Å²) in [5.41, 5.74) is 7.16. The van der Waals surface area contributed by atoms with Crippen LogP contribution in [0.25, 0.3) is 0 Å². The van der Waals surface area contributed by atoms with E-state index in [9.17, 15) is 0 Å². The number of nitrogens with two attached hydrogens (primary N) is 1. The summed E-state index contributed by atoms with van der Waals surface area (Å²) >= 11 is 0. The van der Waals surface area contributed by atoms with Crippen LogP contribution in [0.2, 0.25) is 0 Å². The molecule has 3 rings (SSSR count). The zero-order chi connectivity index (χ0) is 11.0. The monoisotopic (exact) mass is 218 g/mol. The van der Waals surface area contributed by atoms with E-state index in [0.29, 0.717) is 12.1 Å². The summed E-state index contributed by atoms with van der Waals surface area (Å²) in [6.45, 7) is 2.82. The highest BCUT2D eigenvalue weighted by atomic mass is 16.5. The first kappa shape index (κ1) is 10.1. The van der Waals surface area contributed by atoms with Crippen LogP contribution in [0.5, 0.6) is 5.75 Å². The fraction of sp³-hybridized carbons (Fsp3) is 0.538. The molecule has 2 N–H and O–H groups in total. The Morgan fingerprint density at radius 1 is 1.25 bits per heavy atom. The molecule has 0 saturated heterocycles. The number of hydrogen-bond donors (Lipinski definition) is 1. The molecule has 0 bridgehead atoms. The lowest BCUT2D eigenvalue weighted by Crippen LogP contribution is -2.50. The van der Waals surface area contributed by atoms with Crippen LogP contribution in [0.15, 0.2) is 24.3 Å². The summed E-state index contributed by atoms with van der Waals surface area (Å²) in [6, 6.07) is 9.43. The zero-order valence-electron chi connectivity index (χ0n) is 9.43. The van der Waals surface area contributed by atoms with Gasteiger partial charge in [-0.2, -0.15) is 0 Å². The van der Waals surface area contributed by atoms with Crippen molar-refractivity contribution in [2.45, 2.75) is 31.5 Å². The van der Waals surface area contributed by atoms with Gasteiger partial charge >= 0.3 is 0 Å². The molecular formula is C13H18N2O. The van der Waals surface area contributed by atoms with Crippen molar-refractivity contribution in [2.75, 3.05) is 13.2 Å². The minimum Gasteiger partial charge on any atom is -0.492 e. The van der Waals surface area contributed by atoms with E-state index in [-0.39, 0.29) is 0 Å². The van der Waals surface area contributed by atoms with Gasteiger partial charge in [0.2, 0.25) is 0 Å². The van der Waals surface area contributed by atoms with E-state index in [4.69, 9.17) is 10.5 Å². The number of ether oxygens (including phenoxy) is 1. The van der Waals surface area contributed by atoms with Crippen LogP contribution in [0.3, 0.4) is 0 Å². The molecule has 1 aliphatic heterocycles. The van der Waals surface area contributed by atoms with Crippen molar-refractivity contribution >= 4 is 0 Å². The van der Waals surface area contributed by atoms with Crippen molar-refractivity contribution in [3.05, 3.63) is 29.8 Å². The Kier molecular flexibility index (Phi) is 2.58. The summed E-state index contributed by atoms with van der Waals surface area (Å²) in [5.74, 6) is 1.05. The topological polar surface area (TPSA) is 38.5 Å². The van der Waals surface area contributed by atoms with E-state index in [1.165, 1.54) is 5.56 Å². The van der Waals surface area contributed by atoms with Crippen molar-refractivity contribution in [1.29, 1.82) is 0 Å². The number of para-hydroxylation sites is 1. The Morgan fingerprint density at radius 3 is 2.88 bits per heavy atom. The maximum absolute atomic E-state index is 5.85. The Hall–Kier alpha value is -1.06. The third-order valence-corrected chi connectivity index (χ3v) is 3.65. The zero-order valence-corrected chi connectivity index (χ0v) is 9.43. The van der Waals surface area contributed by atoms with Crippen molar-refractivity contribution < 1.29 is 4.74 Å². The van der Waals surface area contributed by atoms with Gasteiger partial charge in [-0.15, -0.1) is 0 Å². The van der Waals surface area contributed by atoms with Gasteiger partial charge < -0.3 is 10.5 Å². The van der Waals surface area contributed by atoms with Gasteiger partial charge in [0, 0.05) is 30.7 Å². The van der Waals surface area contributed by atoms with Crippen LogP contribution in [0.4, 0.5) is 0 Å². The summed E-state index contributed by atoms with van der Waals surface area (Å²) in [5, 5.41) is 0. The molecule has 0 atom stereocenters. The third kappa shape index (κ3) is 1.81. The molecule has 2 aliphatic rings. The Balaban J connectivity index is 1.75.